The van der Waals surface area contributed by atoms with Crippen LogP contribution in [0.1, 0.15) is 19.4 Å². The van der Waals surface area contributed by atoms with Crippen molar-refractivity contribution >= 4 is 0 Å². The molecule has 0 saturated carbocycles. The molecule has 1 aromatic heterocycles. The van der Waals surface area contributed by atoms with Gasteiger partial charge in [0.1, 0.15) is 5.82 Å². The molecule has 0 aliphatic rings. The van der Waals surface area contributed by atoms with Gasteiger partial charge in [0.2, 0.25) is 0 Å². The normalized spacial score (nSPS) is 12.6. The quantitative estimate of drug-likeness (QED) is 0.829. The lowest BCUT2D eigenvalue weighted by molar-refractivity contribution is 0.154. The zero-order valence-corrected chi connectivity index (χ0v) is 10.9. The van der Waals surface area contributed by atoms with Gasteiger partial charge in [-0.05, 0) is 18.6 Å². The molecule has 0 saturated heterocycles. The number of halogens is 2. The van der Waals surface area contributed by atoms with Crippen molar-refractivity contribution in [3.63, 3.8) is 0 Å². The third-order valence-corrected chi connectivity index (χ3v) is 3.08. The molecule has 2 aromatic rings. The third kappa shape index (κ3) is 2.66. The SMILES string of the molecule is CCC(COC)n1ccnc1-c1cccc(F)c1F. The molecule has 1 aromatic carbocycles. The van der Waals surface area contributed by atoms with Gasteiger partial charge < -0.3 is 9.30 Å². The van der Waals surface area contributed by atoms with Crippen LogP contribution in [0.5, 0.6) is 0 Å². The molecule has 0 N–H and O–H groups in total. The molecule has 0 radical (unpaired) electrons. The van der Waals surface area contributed by atoms with Crippen molar-refractivity contribution in [3.8, 4) is 11.4 Å². The predicted octanol–water partition coefficient (Wildman–Crippen LogP) is 3.43. The molecule has 0 fully saturated rings. The summed E-state index contributed by atoms with van der Waals surface area (Å²) in [7, 11) is 1.61. The smallest absolute Gasteiger partial charge is 0.169 e. The maximum absolute atomic E-state index is 13.8. The summed E-state index contributed by atoms with van der Waals surface area (Å²) in [4.78, 5) is 4.14. The number of imidazole rings is 1. The molecule has 0 bridgehead atoms. The second-order valence-corrected chi connectivity index (χ2v) is 4.28. The molecular weight excluding hydrogens is 250 g/mol. The van der Waals surface area contributed by atoms with Crippen molar-refractivity contribution in [1.29, 1.82) is 0 Å². The summed E-state index contributed by atoms with van der Waals surface area (Å²) in [6.45, 7) is 2.51. The van der Waals surface area contributed by atoms with Gasteiger partial charge >= 0.3 is 0 Å². The summed E-state index contributed by atoms with van der Waals surface area (Å²) >= 11 is 0. The lowest BCUT2D eigenvalue weighted by Gasteiger charge is -2.18. The number of hydrogen-bond acceptors (Lipinski definition) is 2. The highest BCUT2D eigenvalue weighted by molar-refractivity contribution is 5.56. The van der Waals surface area contributed by atoms with E-state index in [1.807, 2.05) is 11.5 Å². The Labute approximate surface area is 110 Å². The Morgan fingerprint density at radius 1 is 1.37 bits per heavy atom. The molecule has 19 heavy (non-hydrogen) atoms. The third-order valence-electron chi connectivity index (χ3n) is 3.08. The van der Waals surface area contributed by atoms with Gasteiger partial charge in [-0.3, -0.25) is 0 Å². The van der Waals surface area contributed by atoms with E-state index in [9.17, 15) is 8.78 Å². The van der Waals surface area contributed by atoms with Crippen LogP contribution in [0.3, 0.4) is 0 Å². The van der Waals surface area contributed by atoms with Gasteiger partial charge in [0.05, 0.1) is 18.2 Å². The summed E-state index contributed by atoms with van der Waals surface area (Å²) in [6, 6.07) is 4.14. The topological polar surface area (TPSA) is 27.1 Å². The fourth-order valence-corrected chi connectivity index (χ4v) is 2.08. The molecule has 102 valence electrons. The predicted molar refractivity (Wildman–Crippen MR) is 68.8 cm³/mol. The van der Waals surface area contributed by atoms with Crippen molar-refractivity contribution in [2.45, 2.75) is 19.4 Å². The monoisotopic (exact) mass is 266 g/mol. The van der Waals surface area contributed by atoms with Crippen LogP contribution in [0.4, 0.5) is 8.78 Å². The number of ether oxygens (including phenoxy) is 1. The Bertz CT molecular complexity index is 554. The van der Waals surface area contributed by atoms with Gasteiger partial charge in [0, 0.05) is 19.5 Å². The van der Waals surface area contributed by atoms with E-state index < -0.39 is 11.6 Å². The zero-order chi connectivity index (χ0) is 13.8. The molecule has 2 rings (SSSR count). The van der Waals surface area contributed by atoms with Crippen LogP contribution in [0.25, 0.3) is 11.4 Å². The molecule has 1 unspecified atom stereocenters. The van der Waals surface area contributed by atoms with Crippen LogP contribution in [0.15, 0.2) is 30.6 Å². The molecule has 3 nitrogen and oxygen atoms in total. The number of rotatable bonds is 5. The van der Waals surface area contributed by atoms with E-state index in [2.05, 4.69) is 4.98 Å². The fourth-order valence-electron chi connectivity index (χ4n) is 2.08. The first-order chi connectivity index (χ1) is 9.19. The molecule has 5 heteroatoms. The Morgan fingerprint density at radius 3 is 2.84 bits per heavy atom. The highest BCUT2D eigenvalue weighted by Crippen LogP contribution is 2.26. The van der Waals surface area contributed by atoms with E-state index in [-0.39, 0.29) is 11.6 Å². The lowest BCUT2D eigenvalue weighted by Crippen LogP contribution is -2.14. The van der Waals surface area contributed by atoms with E-state index in [0.717, 1.165) is 12.5 Å². The van der Waals surface area contributed by atoms with Crippen LogP contribution in [-0.4, -0.2) is 23.3 Å². The van der Waals surface area contributed by atoms with E-state index in [1.54, 1.807) is 19.5 Å². The van der Waals surface area contributed by atoms with Crippen LogP contribution in [0, 0.1) is 11.6 Å². The van der Waals surface area contributed by atoms with Crippen molar-refractivity contribution < 1.29 is 13.5 Å². The van der Waals surface area contributed by atoms with Crippen molar-refractivity contribution in [2.24, 2.45) is 0 Å². The first kappa shape index (κ1) is 13.7. The van der Waals surface area contributed by atoms with Gasteiger partial charge in [-0.2, -0.15) is 0 Å². The first-order valence-electron chi connectivity index (χ1n) is 6.15. The minimum absolute atomic E-state index is 0.0465. The molecule has 0 aliphatic carbocycles. The highest BCUT2D eigenvalue weighted by atomic mass is 19.2. The molecule has 0 amide bonds. The van der Waals surface area contributed by atoms with Crippen molar-refractivity contribution in [3.05, 3.63) is 42.2 Å². The van der Waals surface area contributed by atoms with E-state index in [1.165, 1.54) is 12.1 Å². The average molecular weight is 266 g/mol. The Hall–Kier alpha value is -1.75. The zero-order valence-electron chi connectivity index (χ0n) is 10.9. The van der Waals surface area contributed by atoms with Gasteiger partial charge in [-0.25, -0.2) is 13.8 Å². The lowest BCUT2D eigenvalue weighted by atomic mass is 10.1. The summed E-state index contributed by atoms with van der Waals surface area (Å²) in [6.07, 6.45) is 4.15. The largest absolute Gasteiger partial charge is 0.383 e. The fraction of sp³-hybridized carbons (Fsp3) is 0.357. The second-order valence-electron chi connectivity index (χ2n) is 4.28. The van der Waals surface area contributed by atoms with E-state index in [0.29, 0.717) is 12.4 Å². The van der Waals surface area contributed by atoms with Crippen LogP contribution >= 0.6 is 0 Å². The standard InChI is InChI=1S/C14H16F2N2O/c1-3-10(9-19-2)18-8-7-17-14(18)11-5-4-6-12(15)13(11)16/h4-8,10H,3,9H2,1-2H3. The second kappa shape index (κ2) is 5.93. The number of methoxy groups -OCH3 is 1. The summed E-state index contributed by atoms with van der Waals surface area (Å²) < 4.78 is 34.1. The first-order valence-corrected chi connectivity index (χ1v) is 6.15. The minimum Gasteiger partial charge on any atom is -0.383 e. The highest BCUT2D eigenvalue weighted by Gasteiger charge is 2.18. The summed E-state index contributed by atoms with van der Waals surface area (Å²) in [5.74, 6) is -1.32. The molecule has 0 spiro atoms. The number of nitrogens with zero attached hydrogens (tertiary/aromatic N) is 2. The average Bonchev–Trinajstić information content (AvgIpc) is 2.88. The van der Waals surface area contributed by atoms with E-state index in [4.69, 9.17) is 4.74 Å². The van der Waals surface area contributed by atoms with E-state index >= 15 is 0 Å². The number of hydrogen-bond donors (Lipinski definition) is 0. The summed E-state index contributed by atoms with van der Waals surface area (Å²) in [5, 5.41) is 0. The molecule has 0 aliphatic heterocycles. The van der Waals surface area contributed by atoms with Gasteiger partial charge in [0.25, 0.3) is 0 Å². The van der Waals surface area contributed by atoms with Gasteiger partial charge in [-0.1, -0.05) is 13.0 Å². The summed E-state index contributed by atoms with van der Waals surface area (Å²) in [5.41, 5.74) is 0.166. The van der Waals surface area contributed by atoms with Crippen LogP contribution in [-0.2, 0) is 4.74 Å². The van der Waals surface area contributed by atoms with Crippen molar-refractivity contribution in [1.82, 2.24) is 9.55 Å². The number of benzene rings is 1. The maximum Gasteiger partial charge on any atom is 0.169 e. The molecule has 1 atom stereocenters. The van der Waals surface area contributed by atoms with Crippen LogP contribution < -0.4 is 0 Å². The number of aromatic nitrogens is 2. The molecule has 1 heterocycles. The van der Waals surface area contributed by atoms with Gasteiger partial charge in [-0.15, -0.1) is 0 Å². The van der Waals surface area contributed by atoms with Gasteiger partial charge in [0.15, 0.2) is 11.6 Å². The molecular formula is C14H16F2N2O. The van der Waals surface area contributed by atoms with Crippen LogP contribution in [0.2, 0.25) is 0 Å². The Balaban J connectivity index is 2.46. The maximum atomic E-state index is 13.8. The Kier molecular flexibility index (Phi) is 4.27. The minimum atomic E-state index is -0.873. The van der Waals surface area contributed by atoms with Crippen molar-refractivity contribution in [2.75, 3.05) is 13.7 Å². The Morgan fingerprint density at radius 2 is 2.16 bits per heavy atom.